The maximum absolute atomic E-state index is 11.8. The van der Waals surface area contributed by atoms with Gasteiger partial charge in [0.2, 0.25) is 0 Å². The molecule has 0 radical (unpaired) electrons. The number of esters is 1. The van der Waals surface area contributed by atoms with Crippen molar-refractivity contribution in [3.63, 3.8) is 0 Å². The van der Waals surface area contributed by atoms with E-state index in [1.807, 2.05) is 13.0 Å². The molecule has 1 atom stereocenters. The van der Waals surface area contributed by atoms with Gasteiger partial charge in [-0.1, -0.05) is 38.4 Å². The summed E-state index contributed by atoms with van der Waals surface area (Å²) in [4.78, 5) is 18.5. The second kappa shape index (κ2) is 11.7. The minimum atomic E-state index is -0.217. The fourth-order valence-corrected chi connectivity index (χ4v) is 4.59. The lowest BCUT2D eigenvalue weighted by Gasteiger charge is -2.39. The van der Waals surface area contributed by atoms with Gasteiger partial charge in [-0.15, -0.1) is 0 Å². The van der Waals surface area contributed by atoms with E-state index < -0.39 is 0 Å². The number of carbonyl (C=O) groups is 1. The summed E-state index contributed by atoms with van der Waals surface area (Å²) in [5.41, 5.74) is 4.01. The van der Waals surface area contributed by atoms with Crippen LogP contribution in [0.3, 0.4) is 0 Å². The van der Waals surface area contributed by atoms with Gasteiger partial charge >= 0.3 is 5.97 Å². The molecule has 0 amide bonds. The van der Waals surface area contributed by atoms with E-state index in [9.17, 15) is 9.90 Å². The number of halogens is 1. The van der Waals surface area contributed by atoms with Crippen molar-refractivity contribution in [3.8, 4) is 0 Å². The number of nitrogens with one attached hydrogen (secondary N) is 1. The van der Waals surface area contributed by atoms with Crippen molar-refractivity contribution in [1.29, 1.82) is 0 Å². The molecule has 1 saturated carbocycles. The van der Waals surface area contributed by atoms with Gasteiger partial charge in [-0.2, -0.15) is 0 Å². The monoisotopic (exact) mass is 473 g/mol. The van der Waals surface area contributed by atoms with E-state index in [4.69, 9.17) is 16.3 Å². The number of aliphatic hydroxyl groups excluding tert-OH is 1. The molecule has 33 heavy (non-hydrogen) atoms. The van der Waals surface area contributed by atoms with E-state index in [1.165, 1.54) is 7.11 Å². The minimum Gasteiger partial charge on any atom is -0.469 e. The van der Waals surface area contributed by atoms with Gasteiger partial charge < -0.3 is 20.1 Å². The number of rotatable bonds is 9. The number of hydrogen-bond donors (Lipinski definition) is 2. The average Bonchev–Trinajstić information content (AvgIpc) is 2.79. The highest BCUT2D eigenvalue weighted by Crippen LogP contribution is 2.37. The summed E-state index contributed by atoms with van der Waals surface area (Å²) in [6.45, 7) is 7.42. The van der Waals surface area contributed by atoms with E-state index in [1.54, 1.807) is 12.3 Å². The lowest BCUT2D eigenvalue weighted by atomic mass is 9.90. The topological polar surface area (TPSA) is 74.7 Å². The van der Waals surface area contributed by atoms with Crippen LogP contribution in [0.25, 0.3) is 0 Å². The van der Waals surface area contributed by atoms with Crippen LogP contribution in [0.2, 0.25) is 5.15 Å². The van der Waals surface area contributed by atoms with E-state index in [-0.39, 0.29) is 18.0 Å². The molecule has 0 bridgehead atoms. The number of nitrogens with zero attached hydrogens (tertiary/aromatic N) is 2. The molecule has 7 heteroatoms. The number of methoxy groups -OCH3 is 1. The number of carbonyl (C=O) groups excluding carboxylic acids is 1. The normalized spacial score (nSPS) is 19.2. The van der Waals surface area contributed by atoms with Crippen molar-refractivity contribution in [1.82, 2.24) is 4.98 Å². The van der Waals surface area contributed by atoms with Crippen LogP contribution in [-0.4, -0.2) is 41.9 Å². The van der Waals surface area contributed by atoms with Gasteiger partial charge in [-0.05, 0) is 67.3 Å². The van der Waals surface area contributed by atoms with E-state index in [2.05, 4.69) is 47.2 Å². The lowest BCUT2D eigenvalue weighted by Crippen LogP contribution is -2.41. The maximum atomic E-state index is 11.8. The highest BCUT2D eigenvalue weighted by Gasteiger charge is 2.27. The molecule has 1 aromatic carbocycles. The Morgan fingerprint density at radius 2 is 1.94 bits per heavy atom. The van der Waals surface area contributed by atoms with E-state index >= 15 is 0 Å². The third-order valence-electron chi connectivity index (χ3n) is 6.27. The smallest absolute Gasteiger partial charge is 0.306 e. The number of ether oxygens (including phenoxy) is 1. The number of hydrogen-bond acceptors (Lipinski definition) is 6. The molecule has 1 aliphatic carbocycles. The highest BCUT2D eigenvalue weighted by molar-refractivity contribution is 6.29. The molecule has 180 valence electrons. The molecule has 1 aliphatic rings. The van der Waals surface area contributed by atoms with Gasteiger partial charge in [0.25, 0.3) is 0 Å². The Morgan fingerprint density at radius 1 is 1.21 bits per heavy atom. The zero-order chi connectivity index (χ0) is 24.0. The van der Waals surface area contributed by atoms with Crippen LogP contribution >= 0.6 is 11.6 Å². The number of aliphatic hydroxyl groups is 1. The van der Waals surface area contributed by atoms with Crippen LogP contribution in [0.15, 0.2) is 36.5 Å². The first kappa shape index (κ1) is 25.3. The first-order valence-corrected chi connectivity index (χ1v) is 12.2. The van der Waals surface area contributed by atoms with Gasteiger partial charge in [-0.3, -0.25) is 4.79 Å². The Balaban J connectivity index is 1.98. The van der Waals surface area contributed by atoms with Crippen LogP contribution in [0.5, 0.6) is 0 Å². The summed E-state index contributed by atoms with van der Waals surface area (Å²) in [5, 5.41) is 14.0. The minimum absolute atomic E-state index is 0.0266. The molecule has 0 spiro atoms. The maximum Gasteiger partial charge on any atom is 0.306 e. The molecule has 2 aromatic rings. The molecule has 1 aromatic heterocycles. The number of aromatic nitrogens is 1. The van der Waals surface area contributed by atoms with Crippen molar-refractivity contribution >= 4 is 34.6 Å². The number of pyridine rings is 1. The zero-order valence-corrected chi connectivity index (χ0v) is 20.8. The number of anilines is 3. The van der Waals surface area contributed by atoms with Gasteiger partial charge in [0.05, 0.1) is 42.9 Å². The quantitative estimate of drug-likeness (QED) is 0.348. The van der Waals surface area contributed by atoms with Crippen molar-refractivity contribution in [3.05, 3.63) is 47.2 Å². The fourth-order valence-electron chi connectivity index (χ4n) is 4.47. The Labute approximate surface area is 202 Å². The Bertz CT molecular complexity index is 911. The Hall–Kier alpha value is -2.31. The highest BCUT2D eigenvalue weighted by atomic mass is 35.5. The van der Waals surface area contributed by atoms with Crippen LogP contribution in [0.1, 0.15) is 64.4 Å². The van der Waals surface area contributed by atoms with Crippen LogP contribution in [0, 0.1) is 5.92 Å². The predicted molar refractivity (Wildman–Crippen MR) is 134 cm³/mol. The molecule has 0 aliphatic heterocycles. The van der Waals surface area contributed by atoms with Gasteiger partial charge in [0.1, 0.15) is 5.15 Å². The van der Waals surface area contributed by atoms with E-state index in [0.29, 0.717) is 23.5 Å². The third kappa shape index (κ3) is 7.08. The standard InChI is InChI=1S/C26H36ClN3O3/c1-17(2)16-30(21-7-9-22(31)10-8-21)24-11-5-19(18(3)13-26(32)33-4)14-23(24)29-20-6-12-25(27)28-15-20/h5-6,11-12,14-15,17-18,21-22,29,31H,7-10,13,16H2,1-4H3/t18-,21?,22?/m1/s1. The molecular formula is C26H36ClN3O3. The molecule has 6 nitrogen and oxygen atoms in total. The third-order valence-corrected chi connectivity index (χ3v) is 6.50. The number of benzene rings is 1. The molecule has 0 unspecified atom stereocenters. The Kier molecular flexibility index (Phi) is 8.98. The largest absolute Gasteiger partial charge is 0.469 e. The fraction of sp³-hybridized carbons (Fsp3) is 0.538. The predicted octanol–water partition coefficient (Wildman–Crippen LogP) is 5.91. The van der Waals surface area contributed by atoms with Gasteiger partial charge in [-0.25, -0.2) is 4.98 Å². The molecule has 0 saturated heterocycles. The lowest BCUT2D eigenvalue weighted by molar-refractivity contribution is -0.140. The SMILES string of the molecule is COC(=O)C[C@@H](C)c1ccc(N(CC(C)C)C2CCC(O)CC2)c(Nc2ccc(Cl)nc2)c1. The molecule has 3 rings (SSSR count). The summed E-state index contributed by atoms with van der Waals surface area (Å²) >= 11 is 5.98. The van der Waals surface area contributed by atoms with Crippen LogP contribution in [0.4, 0.5) is 17.1 Å². The van der Waals surface area contributed by atoms with Crippen LogP contribution < -0.4 is 10.2 Å². The zero-order valence-electron chi connectivity index (χ0n) is 20.1. The summed E-state index contributed by atoms with van der Waals surface area (Å²) in [6, 6.07) is 10.4. The average molecular weight is 474 g/mol. The first-order valence-electron chi connectivity index (χ1n) is 11.8. The molecule has 2 N–H and O–H groups in total. The summed E-state index contributed by atoms with van der Waals surface area (Å²) in [6.07, 6.45) is 5.46. The molecule has 1 fully saturated rings. The molecule has 1 heterocycles. The second-order valence-electron chi connectivity index (χ2n) is 9.46. The summed E-state index contributed by atoms with van der Waals surface area (Å²) < 4.78 is 4.87. The van der Waals surface area contributed by atoms with Crippen molar-refractivity contribution < 1.29 is 14.6 Å². The first-order chi connectivity index (χ1) is 15.8. The van der Waals surface area contributed by atoms with Crippen molar-refractivity contribution in [2.75, 3.05) is 23.9 Å². The second-order valence-corrected chi connectivity index (χ2v) is 9.85. The van der Waals surface area contributed by atoms with Crippen LogP contribution in [-0.2, 0) is 9.53 Å². The Morgan fingerprint density at radius 3 is 2.55 bits per heavy atom. The van der Waals surface area contributed by atoms with Gasteiger partial charge in [0, 0.05) is 12.6 Å². The van der Waals surface area contributed by atoms with E-state index in [0.717, 1.165) is 54.9 Å². The summed E-state index contributed by atoms with van der Waals surface area (Å²) in [5.74, 6) is 0.295. The van der Waals surface area contributed by atoms with Crippen molar-refractivity contribution in [2.45, 2.75) is 70.9 Å². The van der Waals surface area contributed by atoms with Crippen molar-refractivity contribution in [2.24, 2.45) is 5.92 Å². The summed E-state index contributed by atoms with van der Waals surface area (Å²) in [7, 11) is 1.42. The molecular weight excluding hydrogens is 438 g/mol. The van der Waals surface area contributed by atoms with Gasteiger partial charge in [0.15, 0.2) is 0 Å².